The number of hydrogen-bond donors (Lipinski definition) is 1. The number of ether oxygens (including phenoxy) is 1. The molecule has 104 valence electrons. The van der Waals surface area contributed by atoms with Crippen molar-refractivity contribution in [3.8, 4) is 0 Å². The Morgan fingerprint density at radius 1 is 1.05 bits per heavy atom. The summed E-state index contributed by atoms with van der Waals surface area (Å²) < 4.78 is 5.35. The van der Waals surface area contributed by atoms with Gasteiger partial charge in [-0.3, -0.25) is 0 Å². The van der Waals surface area contributed by atoms with Crippen LogP contribution in [0.3, 0.4) is 0 Å². The third-order valence-corrected chi connectivity index (χ3v) is 4.14. The monoisotopic (exact) mass is 267 g/mol. The molecule has 2 unspecified atom stereocenters. The predicted octanol–water partition coefficient (Wildman–Crippen LogP) is 3.65. The Hall–Kier alpha value is -1.64. The Balaban J connectivity index is 1.93. The first-order chi connectivity index (χ1) is 9.90. The smallest absolute Gasteiger partial charge is 0.0715 e. The molecule has 0 bridgehead atoms. The average Bonchev–Trinajstić information content (AvgIpc) is 2.98. The Labute approximate surface area is 120 Å². The summed E-state index contributed by atoms with van der Waals surface area (Å²) in [7, 11) is 1.76. The molecule has 0 saturated carbocycles. The van der Waals surface area contributed by atoms with Crippen LogP contribution in [0.15, 0.2) is 54.6 Å². The van der Waals surface area contributed by atoms with Gasteiger partial charge < -0.3 is 10.1 Å². The van der Waals surface area contributed by atoms with Crippen LogP contribution < -0.4 is 5.32 Å². The first-order valence-corrected chi connectivity index (χ1v) is 7.25. The zero-order valence-electron chi connectivity index (χ0n) is 11.9. The van der Waals surface area contributed by atoms with E-state index in [-0.39, 0.29) is 0 Å². The Kier molecular flexibility index (Phi) is 4.14. The van der Waals surface area contributed by atoms with E-state index in [9.17, 15) is 0 Å². The minimum atomic E-state index is 0.411. The summed E-state index contributed by atoms with van der Waals surface area (Å²) in [4.78, 5) is 0. The van der Waals surface area contributed by atoms with Gasteiger partial charge in [0, 0.05) is 19.1 Å². The normalized spacial score (nSPS) is 22.1. The van der Waals surface area contributed by atoms with E-state index in [0.29, 0.717) is 18.6 Å². The number of benzene rings is 2. The van der Waals surface area contributed by atoms with Crippen molar-refractivity contribution >= 4 is 0 Å². The molecule has 1 heterocycles. The first-order valence-electron chi connectivity index (χ1n) is 7.25. The van der Waals surface area contributed by atoms with Crippen LogP contribution in [-0.4, -0.2) is 13.7 Å². The fraction of sp³-hybridized carbons (Fsp3) is 0.333. The SMILES string of the molecule is COCc1ccccc1C1CCNC1c1ccccc1. The second-order valence-electron chi connectivity index (χ2n) is 5.37. The summed E-state index contributed by atoms with van der Waals surface area (Å²) in [5, 5.41) is 3.65. The van der Waals surface area contributed by atoms with Crippen molar-refractivity contribution in [2.24, 2.45) is 0 Å². The fourth-order valence-electron chi connectivity index (χ4n) is 3.23. The lowest BCUT2D eigenvalue weighted by Crippen LogP contribution is -2.17. The van der Waals surface area contributed by atoms with E-state index in [2.05, 4.69) is 59.9 Å². The maximum absolute atomic E-state index is 5.35. The number of nitrogens with one attached hydrogen (secondary N) is 1. The van der Waals surface area contributed by atoms with Gasteiger partial charge in [0.05, 0.1) is 6.61 Å². The van der Waals surface area contributed by atoms with Crippen molar-refractivity contribution in [1.82, 2.24) is 5.32 Å². The highest BCUT2D eigenvalue weighted by atomic mass is 16.5. The molecule has 1 fully saturated rings. The topological polar surface area (TPSA) is 21.3 Å². The first kappa shape index (κ1) is 13.3. The number of rotatable bonds is 4. The van der Waals surface area contributed by atoms with Crippen LogP contribution in [-0.2, 0) is 11.3 Å². The van der Waals surface area contributed by atoms with Crippen LogP contribution >= 0.6 is 0 Å². The Morgan fingerprint density at radius 3 is 2.60 bits per heavy atom. The number of hydrogen-bond acceptors (Lipinski definition) is 2. The maximum Gasteiger partial charge on any atom is 0.0715 e. The van der Waals surface area contributed by atoms with Crippen molar-refractivity contribution in [3.63, 3.8) is 0 Å². The van der Waals surface area contributed by atoms with Gasteiger partial charge in [0.1, 0.15) is 0 Å². The zero-order valence-corrected chi connectivity index (χ0v) is 11.9. The van der Waals surface area contributed by atoms with Crippen LogP contribution in [0.25, 0.3) is 0 Å². The van der Waals surface area contributed by atoms with Gasteiger partial charge in [-0.25, -0.2) is 0 Å². The molecular weight excluding hydrogens is 246 g/mol. The summed E-state index contributed by atoms with van der Waals surface area (Å²) in [6, 6.07) is 19.8. The molecule has 2 aromatic carbocycles. The summed E-state index contributed by atoms with van der Waals surface area (Å²) in [6.45, 7) is 1.76. The highest BCUT2D eigenvalue weighted by molar-refractivity contribution is 5.35. The highest BCUT2D eigenvalue weighted by Crippen LogP contribution is 2.39. The summed E-state index contributed by atoms with van der Waals surface area (Å²) >= 11 is 0. The minimum Gasteiger partial charge on any atom is -0.380 e. The molecule has 2 atom stereocenters. The summed E-state index contributed by atoms with van der Waals surface area (Å²) in [6.07, 6.45) is 1.18. The van der Waals surface area contributed by atoms with E-state index in [4.69, 9.17) is 4.74 Å². The van der Waals surface area contributed by atoms with Gasteiger partial charge in [-0.15, -0.1) is 0 Å². The largest absolute Gasteiger partial charge is 0.380 e. The van der Waals surface area contributed by atoms with E-state index >= 15 is 0 Å². The molecule has 1 N–H and O–H groups in total. The van der Waals surface area contributed by atoms with Crippen LogP contribution in [0.2, 0.25) is 0 Å². The van der Waals surface area contributed by atoms with Crippen molar-refractivity contribution in [2.45, 2.75) is 25.0 Å². The van der Waals surface area contributed by atoms with Gasteiger partial charge in [-0.05, 0) is 29.7 Å². The van der Waals surface area contributed by atoms with Gasteiger partial charge in [-0.2, -0.15) is 0 Å². The number of methoxy groups -OCH3 is 1. The second-order valence-corrected chi connectivity index (χ2v) is 5.37. The molecule has 3 rings (SSSR count). The average molecular weight is 267 g/mol. The van der Waals surface area contributed by atoms with E-state index < -0.39 is 0 Å². The Bertz CT molecular complexity index is 552. The van der Waals surface area contributed by atoms with Crippen LogP contribution in [0.1, 0.15) is 35.1 Å². The van der Waals surface area contributed by atoms with Gasteiger partial charge in [0.2, 0.25) is 0 Å². The van der Waals surface area contributed by atoms with Crippen molar-refractivity contribution in [1.29, 1.82) is 0 Å². The lowest BCUT2D eigenvalue weighted by Gasteiger charge is -2.22. The molecule has 2 aromatic rings. The molecule has 0 radical (unpaired) electrons. The summed E-state index contributed by atoms with van der Waals surface area (Å²) in [5.41, 5.74) is 4.11. The van der Waals surface area contributed by atoms with Crippen molar-refractivity contribution in [2.75, 3.05) is 13.7 Å². The predicted molar refractivity (Wildman–Crippen MR) is 81.7 cm³/mol. The van der Waals surface area contributed by atoms with Gasteiger partial charge in [-0.1, -0.05) is 54.6 Å². The molecule has 1 aliphatic heterocycles. The second kappa shape index (κ2) is 6.21. The van der Waals surface area contributed by atoms with Crippen molar-refractivity contribution < 1.29 is 4.74 Å². The maximum atomic E-state index is 5.35. The molecule has 0 spiro atoms. The zero-order chi connectivity index (χ0) is 13.8. The van der Waals surface area contributed by atoms with E-state index in [0.717, 1.165) is 6.54 Å². The minimum absolute atomic E-state index is 0.411. The molecule has 20 heavy (non-hydrogen) atoms. The molecule has 0 aliphatic carbocycles. The third-order valence-electron chi connectivity index (χ3n) is 4.14. The third kappa shape index (κ3) is 2.62. The molecule has 0 amide bonds. The quantitative estimate of drug-likeness (QED) is 0.913. The molecule has 1 saturated heterocycles. The molecule has 2 heteroatoms. The standard InChI is InChI=1S/C18H21NO/c1-20-13-15-9-5-6-10-16(15)17-11-12-19-18(17)14-7-3-2-4-8-14/h2-10,17-19H,11-13H2,1H3. The van der Waals surface area contributed by atoms with E-state index in [1.54, 1.807) is 7.11 Å². The molecule has 0 aromatic heterocycles. The Morgan fingerprint density at radius 2 is 1.80 bits per heavy atom. The van der Waals surface area contributed by atoms with E-state index in [1.807, 2.05) is 0 Å². The van der Waals surface area contributed by atoms with Gasteiger partial charge in [0.25, 0.3) is 0 Å². The van der Waals surface area contributed by atoms with Crippen LogP contribution in [0.5, 0.6) is 0 Å². The molecular formula is C18H21NO. The highest BCUT2D eigenvalue weighted by Gasteiger charge is 2.30. The van der Waals surface area contributed by atoms with Gasteiger partial charge in [0.15, 0.2) is 0 Å². The van der Waals surface area contributed by atoms with Crippen LogP contribution in [0.4, 0.5) is 0 Å². The molecule has 1 aliphatic rings. The van der Waals surface area contributed by atoms with Gasteiger partial charge >= 0.3 is 0 Å². The van der Waals surface area contributed by atoms with Crippen molar-refractivity contribution in [3.05, 3.63) is 71.3 Å². The fourth-order valence-corrected chi connectivity index (χ4v) is 3.23. The lowest BCUT2D eigenvalue weighted by molar-refractivity contribution is 0.183. The van der Waals surface area contributed by atoms with E-state index in [1.165, 1.54) is 23.1 Å². The lowest BCUT2D eigenvalue weighted by atomic mass is 9.85. The summed E-state index contributed by atoms with van der Waals surface area (Å²) in [5.74, 6) is 0.531. The van der Waals surface area contributed by atoms with Crippen LogP contribution in [0, 0.1) is 0 Å². The molecule has 2 nitrogen and oxygen atoms in total.